The molecule has 122 valence electrons. The molecule has 0 atom stereocenters. The standard InChI is InChI=1S/C13H23BF3N2O2/c1-21-13(20)11-2-8-19(9-3-11)12-4-6-18(7-5-12)10-14(15,16)17/h11-12H,2-10H2,1H3/q-1. The first-order valence-corrected chi connectivity index (χ1v) is 7.64. The monoisotopic (exact) mass is 307 g/mol. The molecule has 0 aromatic carbocycles. The Morgan fingerprint density at radius 1 is 1.10 bits per heavy atom. The SMILES string of the molecule is COC(=O)C1CCN(C2CCN(C[B-](F)(F)F)CC2)CC1. The summed E-state index contributed by atoms with van der Waals surface area (Å²) < 4.78 is 42.0. The quantitative estimate of drug-likeness (QED) is 0.585. The van der Waals surface area contributed by atoms with E-state index in [0.29, 0.717) is 19.1 Å². The summed E-state index contributed by atoms with van der Waals surface area (Å²) in [6, 6.07) is 0.362. The van der Waals surface area contributed by atoms with Crippen LogP contribution < -0.4 is 0 Å². The fourth-order valence-electron chi connectivity index (χ4n) is 3.43. The first kappa shape index (κ1) is 16.6. The van der Waals surface area contributed by atoms with E-state index >= 15 is 0 Å². The van der Waals surface area contributed by atoms with E-state index in [2.05, 4.69) is 4.90 Å². The lowest BCUT2D eigenvalue weighted by atomic mass is 9.88. The molecule has 0 aromatic rings. The van der Waals surface area contributed by atoms with Gasteiger partial charge in [-0.25, -0.2) is 0 Å². The predicted octanol–water partition coefficient (Wildman–Crippen LogP) is 1.72. The molecule has 0 bridgehead atoms. The third kappa shape index (κ3) is 4.88. The molecule has 0 amide bonds. The Labute approximate surface area is 123 Å². The number of hydrogen-bond donors (Lipinski definition) is 0. The highest BCUT2D eigenvalue weighted by Crippen LogP contribution is 2.25. The summed E-state index contributed by atoms with van der Waals surface area (Å²) in [5, 5.41) is 0. The van der Waals surface area contributed by atoms with Gasteiger partial charge in [-0.2, -0.15) is 0 Å². The molecule has 0 aliphatic carbocycles. The van der Waals surface area contributed by atoms with Crippen LogP contribution in [0.4, 0.5) is 12.9 Å². The van der Waals surface area contributed by atoms with E-state index in [1.54, 1.807) is 0 Å². The van der Waals surface area contributed by atoms with Crippen LogP contribution in [0.2, 0.25) is 0 Å². The van der Waals surface area contributed by atoms with Crippen molar-refractivity contribution in [2.45, 2.75) is 31.7 Å². The first-order valence-electron chi connectivity index (χ1n) is 7.64. The molecule has 2 aliphatic heterocycles. The van der Waals surface area contributed by atoms with Crippen LogP contribution in [0.1, 0.15) is 25.7 Å². The Hall–Kier alpha value is -0.755. The Balaban J connectivity index is 1.73. The van der Waals surface area contributed by atoms with Gasteiger partial charge in [0.25, 0.3) is 0 Å². The van der Waals surface area contributed by atoms with E-state index in [-0.39, 0.29) is 11.9 Å². The van der Waals surface area contributed by atoms with Crippen molar-refractivity contribution in [3.8, 4) is 0 Å². The van der Waals surface area contributed by atoms with Gasteiger partial charge in [-0.15, -0.1) is 0 Å². The summed E-state index contributed by atoms with van der Waals surface area (Å²) in [5.74, 6) is -0.156. The minimum absolute atomic E-state index is 0.0146. The molecule has 0 aromatic heterocycles. The van der Waals surface area contributed by atoms with Gasteiger partial charge in [0, 0.05) is 6.04 Å². The van der Waals surface area contributed by atoms with Crippen LogP contribution in [0, 0.1) is 5.92 Å². The van der Waals surface area contributed by atoms with E-state index in [1.165, 1.54) is 12.0 Å². The van der Waals surface area contributed by atoms with Crippen molar-refractivity contribution in [1.82, 2.24) is 9.80 Å². The molecular weight excluding hydrogens is 284 g/mol. The van der Waals surface area contributed by atoms with Gasteiger partial charge in [0.05, 0.1) is 13.0 Å². The second-order valence-electron chi connectivity index (χ2n) is 6.08. The summed E-state index contributed by atoms with van der Waals surface area (Å²) in [6.07, 6.45) is 2.42. The third-order valence-electron chi connectivity index (χ3n) is 4.60. The summed E-state index contributed by atoms with van der Waals surface area (Å²) in [5.41, 5.74) is 0. The Kier molecular flexibility index (Phi) is 5.54. The Morgan fingerprint density at radius 3 is 2.14 bits per heavy atom. The minimum Gasteiger partial charge on any atom is -0.469 e. The molecule has 0 N–H and O–H groups in total. The predicted molar refractivity (Wildman–Crippen MR) is 74.9 cm³/mol. The van der Waals surface area contributed by atoms with Crippen LogP contribution >= 0.6 is 0 Å². The summed E-state index contributed by atoms with van der Waals surface area (Å²) in [4.78, 5) is 15.3. The highest BCUT2D eigenvalue weighted by atomic mass is 19.4. The molecule has 8 heteroatoms. The first-order chi connectivity index (χ1) is 9.89. The molecule has 0 saturated carbocycles. The highest BCUT2D eigenvalue weighted by Gasteiger charge is 2.33. The van der Waals surface area contributed by atoms with Crippen LogP contribution in [-0.4, -0.2) is 68.5 Å². The number of methoxy groups -OCH3 is 1. The molecule has 0 unspecified atom stereocenters. The Morgan fingerprint density at radius 2 is 1.67 bits per heavy atom. The van der Waals surface area contributed by atoms with Crippen LogP contribution in [0.25, 0.3) is 0 Å². The van der Waals surface area contributed by atoms with Crippen LogP contribution in [0.15, 0.2) is 0 Å². The third-order valence-corrected chi connectivity index (χ3v) is 4.60. The van der Waals surface area contributed by atoms with Crippen molar-refractivity contribution in [3.05, 3.63) is 0 Å². The van der Waals surface area contributed by atoms with Gasteiger partial charge < -0.3 is 27.5 Å². The summed E-state index contributed by atoms with van der Waals surface area (Å²) in [7, 11) is 1.41. The zero-order chi connectivity index (χ0) is 15.5. The Bertz CT molecular complexity index is 352. The lowest BCUT2D eigenvalue weighted by Gasteiger charge is -2.42. The van der Waals surface area contributed by atoms with E-state index in [1.807, 2.05) is 0 Å². The van der Waals surface area contributed by atoms with Gasteiger partial charge in [0.15, 0.2) is 0 Å². The summed E-state index contributed by atoms with van der Waals surface area (Å²) in [6.45, 7) is -2.00. The number of carbonyl (C=O) groups excluding carboxylic acids is 1. The maximum absolute atomic E-state index is 12.4. The van der Waals surface area contributed by atoms with Crippen LogP contribution in [0.5, 0.6) is 0 Å². The van der Waals surface area contributed by atoms with Crippen molar-refractivity contribution < 1.29 is 22.5 Å². The molecule has 0 radical (unpaired) electrons. The molecule has 0 spiro atoms. The lowest BCUT2D eigenvalue weighted by Crippen LogP contribution is -2.50. The van der Waals surface area contributed by atoms with E-state index in [4.69, 9.17) is 4.74 Å². The average molecular weight is 307 g/mol. The van der Waals surface area contributed by atoms with Crippen molar-refractivity contribution in [1.29, 1.82) is 0 Å². The molecule has 4 nitrogen and oxygen atoms in total. The molecule has 2 heterocycles. The van der Waals surface area contributed by atoms with Crippen LogP contribution in [-0.2, 0) is 9.53 Å². The fraction of sp³-hybridized carbons (Fsp3) is 0.923. The second kappa shape index (κ2) is 7.00. The normalized spacial score (nSPS) is 24.2. The molecule has 2 rings (SSSR count). The molecule has 21 heavy (non-hydrogen) atoms. The molecule has 2 aliphatic rings. The fourth-order valence-corrected chi connectivity index (χ4v) is 3.43. The number of likely N-dealkylation sites (tertiary alicyclic amines) is 2. The van der Waals surface area contributed by atoms with Crippen molar-refractivity contribution in [2.24, 2.45) is 5.92 Å². The average Bonchev–Trinajstić information content (AvgIpc) is 2.46. The van der Waals surface area contributed by atoms with Gasteiger partial charge in [-0.05, 0) is 58.3 Å². The molecule has 2 fully saturated rings. The van der Waals surface area contributed by atoms with Gasteiger partial charge >= 0.3 is 12.9 Å². The zero-order valence-corrected chi connectivity index (χ0v) is 12.4. The molecular formula is C13H23BF3N2O2-. The maximum atomic E-state index is 12.4. The van der Waals surface area contributed by atoms with E-state index in [0.717, 1.165) is 38.8 Å². The van der Waals surface area contributed by atoms with E-state index < -0.39 is 13.4 Å². The van der Waals surface area contributed by atoms with Gasteiger partial charge in [0.2, 0.25) is 0 Å². The van der Waals surface area contributed by atoms with Crippen molar-refractivity contribution in [3.63, 3.8) is 0 Å². The number of carbonyl (C=O) groups is 1. The zero-order valence-electron chi connectivity index (χ0n) is 12.4. The number of halogens is 3. The van der Waals surface area contributed by atoms with Crippen molar-refractivity contribution in [2.75, 3.05) is 39.7 Å². The van der Waals surface area contributed by atoms with Gasteiger partial charge in [-0.3, -0.25) is 4.79 Å². The largest absolute Gasteiger partial charge is 0.492 e. The maximum Gasteiger partial charge on any atom is 0.492 e. The lowest BCUT2D eigenvalue weighted by molar-refractivity contribution is -0.147. The second-order valence-corrected chi connectivity index (χ2v) is 6.08. The van der Waals surface area contributed by atoms with Crippen molar-refractivity contribution >= 4 is 12.9 Å². The van der Waals surface area contributed by atoms with Crippen LogP contribution in [0.3, 0.4) is 0 Å². The number of esters is 1. The van der Waals surface area contributed by atoms with Gasteiger partial charge in [-0.1, -0.05) is 0 Å². The minimum atomic E-state index is -4.72. The topological polar surface area (TPSA) is 32.8 Å². The van der Waals surface area contributed by atoms with Gasteiger partial charge in [0.1, 0.15) is 0 Å². The molecule has 2 saturated heterocycles. The number of piperidine rings is 2. The number of ether oxygens (including phenoxy) is 1. The number of nitrogens with zero attached hydrogens (tertiary/aromatic N) is 2. The van der Waals surface area contributed by atoms with E-state index in [9.17, 15) is 17.7 Å². The number of hydrogen-bond acceptors (Lipinski definition) is 4. The smallest absolute Gasteiger partial charge is 0.469 e. The summed E-state index contributed by atoms with van der Waals surface area (Å²) >= 11 is 0. The highest BCUT2D eigenvalue weighted by molar-refractivity contribution is 6.58. The number of rotatable bonds is 4.